The summed E-state index contributed by atoms with van der Waals surface area (Å²) in [6.07, 6.45) is -2.58. The van der Waals surface area contributed by atoms with Gasteiger partial charge in [0.15, 0.2) is 0 Å². The Kier molecular flexibility index (Phi) is 5.73. The SMILES string of the molecule is FC(F)(F)COC(c1ccc(Cl)c2nc3n(c12)CCCN3c1ccc(Cl)cc1Cl)C1CC1. The molecule has 3 aromatic rings. The molecule has 1 aromatic heterocycles. The predicted molar refractivity (Wildman–Crippen MR) is 120 cm³/mol. The van der Waals surface area contributed by atoms with Gasteiger partial charge in [-0.05, 0) is 49.4 Å². The minimum atomic E-state index is -4.39. The first kappa shape index (κ1) is 22.1. The molecule has 0 bridgehead atoms. The monoisotopic (exact) mass is 503 g/mol. The molecule has 2 aromatic carbocycles. The summed E-state index contributed by atoms with van der Waals surface area (Å²) in [5, 5.41) is 1.47. The van der Waals surface area contributed by atoms with E-state index in [0.29, 0.717) is 45.2 Å². The van der Waals surface area contributed by atoms with E-state index in [1.54, 1.807) is 24.3 Å². The summed E-state index contributed by atoms with van der Waals surface area (Å²) >= 11 is 19.0. The van der Waals surface area contributed by atoms with Gasteiger partial charge in [0.1, 0.15) is 12.1 Å². The summed E-state index contributed by atoms with van der Waals surface area (Å²) in [6, 6.07) is 8.72. The second-order valence-electron chi connectivity index (χ2n) is 8.18. The Morgan fingerprint density at radius 3 is 2.53 bits per heavy atom. The van der Waals surface area contributed by atoms with E-state index < -0.39 is 18.9 Å². The fourth-order valence-corrected chi connectivity index (χ4v) is 5.05. The zero-order valence-electron chi connectivity index (χ0n) is 16.8. The summed E-state index contributed by atoms with van der Waals surface area (Å²) < 4.78 is 46.2. The molecular weight excluding hydrogens is 486 g/mol. The Morgan fingerprint density at radius 2 is 1.84 bits per heavy atom. The quantitative estimate of drug-likeness (QED) is 0.359. The number of imidazole rings is 1. The average Bonchev–Trinajstić information content (AvgIpc) is 3.48. The predicted octanol–water partition coefficient (Wildman–Crippen LogP) is 7.57. The molecule has 0 spiro atoms. The van der Waals surface area contributed by atoms with Gasteiger partial charge < -0.3 is 14.2 Å². The van der Waals surface area contributed by atoms with E-state index in [1.165, 1.54) is 0 Å². The molecule has 1 aliphatic heterocycles. The lowest BCUT2D eigenvalue weighted by atomic mass is 10.0. The Balaban J connectivity index is 1.63. The second-order valence-corrected chi connectivity index (χ2v) is 9.43. The smallest absolute Gasteiger partial charge is 0.364 e. The van der Waals surface area contributed by atoms with Crippen molar-refractivity contribution in [2.75, 3.05) is 18.1 Å². The molecular formula is C22H19Cl3F3N3O. The van der Waals surface area contributed by atoms with Crippen LogP contribution in [0.25, 0.3) is 11.0 Å². The number of hydrogen-bond donors (Lipinski definition) is 0. The third kappa shape index (κ3) is 4.16. The third-order valence-electron chi connectivity index (χ3n) is 5.84. The van der Waals surface area contributed by atoms with E-state index in [9.17, 15) is 13.2 Å². The van der Waals surface area contributed by atoms with E-state index >= 15 is 0 Å². The van der Waals surface area contributed by atoms with Gasteiger partial charge in [0.25, 0.3) is 0 Å². The third-order valence-corrected chi connectivity index (χ3v) is 6.69. The topological polar surface area (TPSA) is 30.3 Å². The molecule has 0 amide bonds. The minimum absolute atomic E-state index is 0.0540. The molecule has 1 aliphatic carbocycles. The van der Waals surface area contributed by atoms with Crippen LogP contribution in [-0.4, -0.2) is 28.9 Å². The molecule has 1 atom stereocenters. The van der Waals surface area contributed by atoms with Gasteiger partial charge in [-0.3, -0.25) is 0 Å². The van der Waals surface area contributed by atoms with Gasteiger partial charge in [-0.15, -0.1) is 0 Å². The average molecular weight is 505 g/mol. The standard InChI is InChI=1S/C22H19Cl3F3N3O/c23-13-4-7-17(16(25)10-13)30-8-1-9-31-19-14(5-6-15(24)18(19)29-21(30)31)20(12-2-3-12)32-11-22(26,27)28/h4-7,10,12,20H,1-3,8-9,11H2. The lowest BCUT2D eigenvalue weighted by molar-refractivity contribution is -0.188. The summed E-state index contributed by atoms with van der Waals surface area (Å²) in [4.78, 5) is 6.78. The van der Waals surface area contributed by atoms with Crippen molar-refractivity contribution < 1.29 is 17.9 Å². The van der Waals surface area contributed by atoms with E-state index in [1.807, 2.05) is 15.5 Å². The van der Waals surface area contributed by atoms with Crippen LogP contribution in [0.15, 0.2) is 30.3 Å². The number of anilines is 2. The Bertz CT molecular complexity index is 1180. The zero-order chi connectivity index (χ0) is 22.6. The maximum atomic E-state index is 12.9. The van der Waals surface area contributed by atoms with Gasteiger partial charge in [-0.25, -0.2) is 4.98 Å². The number of fused-ring (bicyclic) bond motifs is 3. The highest BCUT2D eigenvalue weighted by molar-refractivity contribution is 6.36. The highest BCUT2D eigenvalue weighted by Crippen LogP contribution is 2.48. The van der Waals surface area contributed by atoms with Gasteiger partial charge in [0.2, 0.25) is 5.95 Å². The first-order chi connectivity index (χ1) is 15.2. The summed E-state index contributed by atoms with van der Waals surface area (Å²) in [5.41, 5.74) is 2.73. The van der Waals surface area contributed by atoms with Crippen LogP contribution in [0.3, 0.4) is 0 Å². The molecule has 1 saturated carbocycles. The Morgan fingerprint density at radius 1 is 1.06 bits per heavy atom. The summed E-state index contributed by atoms with van der Waals surface area (Å²) in [5.74, 6) is 0.702. The number of aryl methyl sites for hydroxylation is 1. The zero-order valence-corrected chi connectivity index (χ0v) is 19.1. The van der Waals surface area contributed by atoms with Gasteiger partial charge in [0.05, 0.1) is 27.4 Å². The maximum Gasteiger partial charge on any atom is 0.411 e. The summed E-state index contributed by atoms with van der Waals surface area (Å²) in [7, 11) is 0. The highest BCUT2D eigenvalue weighted by atomic mass is 35.5. The number of aromatic nitrogens is 2. The first-order valence-corrected chi connectivity index (χ1v) is 11.5. The lowest BCUT2D eigenvalue weighted by Gasteiger charge is -2.30. The molecule has 2 heterocycles. The molecule has 0 N–H and O–H groups in total. The Labute approximate surface area is 197 Å². The van der Waals surface area contributed by atoms with E-state index in [0.717, 1.165) is 30.5 Å². The van der Waals surface area contributed by atoms with Gasteiger partial charge in [-0.1, -0.05) is 40.9 Å². The molecule has 0 radical (unpaired) electrons. The van der Waals surface area contributed by atoms with Crippen molar-refractivity contribution in [3.05, 3.63) is 51.0 Å². The van der Waals surface area contributed by atoms with Crippen molar-refractivity contribution in [3.8, 4) is 0 Å². The van der Waals surface area contributed by atoms with E-state index in [2.05, 4.69) is 0 Å². The normalized spacial score (nSPS) is 17.6. The fraction of sp³-hybridized carbons (Fsp3) is 0.409. The van der Waals surface area contributed by atoms with Crippen molar-refractivity contribution in [2.24, 2.45) is 5.92 Å². The van der Waals surface area contributed by atoms with Crippen LogP contribution in [0.2, 0.25) is 15.1 Å². The Hall–Kier alpha value is -1.67. The molecule has 4 nitrogen and oxygen atoms in total. The number of benzene rings is 2. The highest BCUT2D eigenvalue weighted by Gasteiger charge is 2.39. The largest absolute Gasteiger partial charge is 0.411 e. The molecule has 170 valence electrons. The number of nitrogens with zero attached hydrogens (tertiary/aromatic N) is 3. The van der Waals surface area contributed by atoms with Crippen molar-refractivity contribution in [1.29, 1.82) is 0 Å². The number of alkyl halides is 3. The van der Waals surface area contributed by atoms with Crippen LogP contribution < -0.4 is 4.90 Å². The van der Waals surface area contributed by atoms with Crippen molar-refractivity contribution >= 4 is 57.5 Å². The number of hydrogen-bond acceptors (Lipinski definition) is 3. The summed E-state index contributed by atoms with van der Waals surface area (Å²) in [6.45, 7) is 0.0670. The van der Waals surface area contributed by atoms with Gasteiger partial charge >= 0.3 is 6.18 Å². The van der Waals surface area contributed by atoms with Crippen LogP contribution in [0.4, 0.5) is 24.8 Å². The second kappa shape index (κ2) is 8.28. The van der Waals surface area contributed by atoms with Crippen LogP contribution >= 0.6 is 34.8 Å². The van der Waals surface area contributed by atoms with E-state index in [-0.39, 0.29) is 5.92 Å². The van der Waals surface area contributed by atoms with Crippen LogP contribution in [0.1, 0.15) is 30.9 Å². The molecule has 1 fully saturated rings. The minimum Gasteiger partial charge on any atom is -0.364 e. The molecule has 0 saturated heterocycles. The van der Waals surface area contributed by atoms with E-state index in [4.69, 9.17) is 44.5 Å². The molecule has 5 rings (SSSR count). The fourth-order valence-electron chi connectivity index (χ4n) is 4.35. The van der Waals surface area contributed by atoms with Crippen molar-refractivity contribution in [1.82, 2.24) is 9.55 Å². The van der Waals surface area contributed by atoms with Gasteiger partial charge in [-0.2, -0.15) is 13.2 Å². The number of rotatable bonds is 5. The molecule has 2 aliphatic rings. The van der Waals surface area contributed by atoms with Crippen LogP contribution in [0.5, 0.6) is 0 Å². The number of ether oxygens (including phenoxy) is 1. The molecule has 1 unspecified atom stereocenters. The first-order valence-electron chi connectivity index (χ1n) is 10.3. The van der Waals surface area contributed by atoms with Gasteiger partial charge in [0, 0.05) is 23.7 Å². The lowest BCUT2D eigenvalue weighted by Crippen LogP contribution is -2.28. The van der Waals surface area contributed by atoms with Crippen molar-refractivity contribution in [3.63, 3.8) is 0 Å². The molecule has 10 heteroatoms. The van der Waals surface area contributed by atoms with Crippen LogP contribution in [-0.2, 0) is 11.3 Å². The van der Waals surface area contributed by atoms with Crippen molar-refractivity contribution in [2.45, 2.75) is 38.1 Å². The number of halogens is 6. The molecule has 32 heavy (non-hydrogen) atoms. The maximum absolute atomic E-state index is 12.9. The van der Waals surface area contributed by atoms with Crippen LogP contribution in [0, 0.1) is 5.92 Å².